The minimum absolute atomic E-state index is 0.120. The average molecular weight is 374 g/mol. The van der Waals surface area contributed by atoms with Crippen molar-refractivity contribution >= 4 is 29.1 Å². The third-order valence-electron chi connectivity index (χ3n) is 4.23. The number of hydrogen-bond acceptors (Lipinski definition) is 4. The zero-order chi connectivity index (χ0) is 18.7. The van der Waals surface area contributed by atoms with E-state index in [0.29, 0.717) is 36.8 Å². The second-order valence-electron chi connectivity index (χ2n) is 5.90. The van der Waals surface area contributed by atoms with E-state index in [0.717, 1.165) is 0 Å². The van der Waals surface area contributed by atoms with E-state index >= 15 is 0 Å². The maximum absolute atomic E-state index is 12.5. The molecule has 0 N–H and O–H groups in total. The zero-order valence-corrected chi connectivity index (χ0v) is 14.6. The molecule has 0 saturated carbocycles. The lowest BCUT2D eigenvalue weighted by Gasteiger charge is -2.34. The number of rotatable bonds is 3. The number of non-ortho nitro benzene ring substituents is 1. The summed E-state index contributed by atoms with van der Waals surface area (Å²) in [6.45, 7) is 1.53. The fourth-order valence-electron chi connectivity index (χ4n) is 2.85. The van der Waals surface area contributed by atoms with Gasteiger partial charge in [-0.2, -0.15) is 0 Å². The van der Waals surface area contributed by atoms with Crippen molar-refractivity contribution in [2.75, 3.05) is 26.2 Å². The predicted molar refractivity (Wildman–Crippen MR) is 96.4 cm³/mol. The Morgan fingerprint density at radius 2 is 1.38 bits per heavy atom. The fraction of sp³-hybridized carbons (Fsp3) is 0.222. The number of piperazine rings is 1. The summed E-state index contributed by atoms with van der Waals surface area (Å²) in [4.78, 5) is 38.6. The van der Waals surface area contributed by atoms with Crippen LogP contribution in [0.1, 0.15) is 20.7 Å². The Bertz CT molecular complexity index is 863. The quantitative estimate of drug-likeness (QED) is 0.611. The molecule has 0 aliphatic carbocycles. The molecule has 2 aromatic rings. The molecule has 0 radical (unpaired) electrons. The molecule has 0 aromatic heterocycles. The van der Waals surface area contributed by atoms with Crippen LogP contribution in [0.3, 0.4) is 0 Å². The summed E-state index contributed by atoms with van der Waals surface area (Å²) in [7, 11) is 0. The summed E-state index contributed by atoms with van der Waals surface area (Å²) < 4.78 is 0. The molecule has 7 nitrogen and oxygen atoms in total. The van der Waals surface area contributed by atoms with Crippen molar-refractivity contribution in [3.63, 3.8) is 0 Å². The standard InChI is InChI=1S/C18H16ClN3O4/c19-15-5-1-3-13(11-15)17(23)20-7-9-21(10-8-20)18(24)14-4-2-6-16(12-14)22(25)26/h1-6,11-12H,7-10H2. The average Bonchev–Trinajstić information content (AvgIpc) is 2.67. The molecule has 0 spiro atoms. The highest BCUT2D eigenvalue weighted by Gasteiger charge is 2.26. The van der Waals surface area contributed by atoms with Crippen molar-refractivity contribution in [1.82, 2.24) is 9.80 Å². The van der Waals surface area contributed by atoms with Crippen molar-refractivity contribution in [3.8, 4) is 0 Å². The van der Waals surface area contributed by atoms with Crippen molar-refractivity contribution in [2.24, 2.45) is 0 Å². The molecule has 0 bridgehead atoms. The van der Waals surface area contributed by atoms with Crippen molar-refractivity contribution < 1.29 is 14.5 Å². The number of nitro groups is 1. The molecule has 1 heterocycles. The molecule has 1 aliphatic rings. The van der Waals surface area contributed by atoms with Gasteiger partial charge < -0.3 is 9.80 Å². The maximum atomic E-state index is 12.5. The normalized spacial score (nSPS) is 14.2. The molecule has 3 rings (SSSR count). The highest BCUT2D eigenvalue weighted by molar-refractivity contribution is 6.30. The smallest absolute Gasteiger partial charge is 0.270 e. The first-order valence-corrected chi connectivity index (χ1v) is 8.42. The predicted octanol–water partition coefficient (Wildman–Crippen LogP) is 2.85. The minimum atomic E-state index is -0.529. The Morgan fingerprint density at radius 3 is 1.88 bits per heavy atom. The Balaban J connectivity index is 1.65. The molecule has 2 aromatic carbocycles. The van der Waals surface area contributed by atoms with Crippen molar-refractivity contribution in [3.05, 3.63) is 74.8 Å². The number of nitro benzene ring substituents is 1. The number of halogens is 1. The van der Waals surface area contributed by atoms with Gasteiger partial charge in [-0.15, -0.1) is 0 Å². The van der Waals surface area contributed by atoms with E-state index in [2.05, 4.69) is 0 Å². The van der Waals surface area contributed by atoms with E-state index in [1.165, 1.54) is 18.2 Å². The molecular formula is C18H16ClN3O4. The lowest BCUT2D eigenvalue weighted by atomic mass is 10.1. The minimum Gasteiger partial charge on any atom is -0.335 e. The van der Waals surface area contributed by atoms with Crippen LogP contribution in [-0.2, 0) is 0 Å². The summed E-state index contributed by atoms with van der Waals surface area (Å²) in [5.41, 5.74) is 0.662. The second kappa shape index (κ2) is 7.53. The zero-order valence-electron chi connectivity index (χ0n) is 13.8. The molecule has 0 unspecified atom stereocenters. The van der Waals surface area contributed by atoms with Gasteiger partial charge in [-0.05, 0) is 24.3 Å². The van der Waals surface area contributed by atoms with Crippen LogP contribution >= 0.6 is 11.6 Å². The van der Waals surface area contributed by atoms with Gasteiger partial charge in [-0.1, -0.05) is 23.7 Å². The Morgan fingerprint density at radius 1 is 0.885 bits per heavy atom. The molecule has 1 fully saturated rings. The van der Waals surface area contributed by atoms with Crippen LogP contribution < -0.4 is 0 Å². The molecule has 1 aliphatic heterocycles. The number of amides is 2. The topological polar surface area (TPSA) is 83.8 Å². The number of nitrogens with zero attached hydrogens (tertiary/aromatic N) is 3. The van der Waals surface area contributed by atoms with E-state index in [9.17, 15) is 19.7 Å². The van der Waals surface area contributed by atoms with Crippen molar-refractivity contribution in [1.29, 1.82) is 0 Å². The summed E-state index contributed by atoms with van der Waals surface area (Å²) in [5.74, 6) is -0.404. The first-order chi connectivity index (χ1) is 12.5. The SMILES string of the molecule is O=C(c1cccc(Cl)c1)N1CCN(C(=O)c2cccc([N+](=O)[O-])c2)CC1. The van der Waals surface area contributed by atoms with E-state index in [-0.39, 0.29) is 23.1 Å². The molecule has 8 heteroatoms. The summed E-state index contributed by atoms with van der Waals surface area (Å²) >= 11 is 5.92. The van der Waals surface area contributed by atoms with Crippen LogP contribution in [0.4, 0.5) is 5.69 Å². The molecule has 134 valence electrons. The Labute approximate surface area is 154 Å². The van der Waals surface area contributed by atoms with E-state index in [1.54, 1.807) is 40.1 Å². The molecular weight excluding hydrogens is 358 g/mol. The summed E-state index contributed by atoms with van der Waals surface area (Å²) in [6, 6.07) is 12.4. The van der Waals surface area contributed by atoms with Crippen LogP contribution in [0.25, 0.3) is 0 Å². The largest absolute Gasteiger partial charge is 0.335 e. The molecule has 2 amide bonds. The van der Waals surface area contributed by atoms with Gasteiger partial charge in [0, 0.05) is 54.5 Å². The van der Waals surface area contributed by atoms with E-state index < -0.39 is 4.92 Å². The van der Waals surface area contributed by atoms with E-state index in [1.807, 2.05) is 0 Å². The van der Waals surface area contributed by atoms with Crippen LogP contribution in [0.15, 0.2) is 48.5 Å². The van der Waals surface area contributed by atoms with Crippen LogP contribution in [0, 0.1) is 10.1 Å². The molecule has 1 saturated heterocycles. The first kappa shape index (κ1) is 17.9. The third-order valence-corrected chi connectivity index (χ3v) is 4.46. The fourth-order valence-corrected chi connectivity index (χ4v) is 3.04. The van der Waals surface area contributed by atoms with Gasteiger partial charge in [0.15, 0.2) is 0 Å². The molecule has 0 atom stereocenters. The summed E-state index contributed by atoms with van der Waals surface area (Å²) in [6.07, 6.45) is 0. The lowest BCUT2D eigenvalue weighted by molar-refractivity contribution is -0.384. The van der Waals surface area contributed by atoms with Gasteiger partial charge in [0.05, 0.1) is 4.92 Å². The highest BCUT2D eigenvalue weighted by Crippen LogP contribution is 2.17. The van der Waals surface area contributed by atoms with Crippen LogP contribution in [-0.4, -0.2) is 52.7 Å². The van der Waals surface area contributed by atoms with Gasteiger partial charge in [0.25, 0.3) is 17.5 Å². The monoisotopic (exact) mass is 373 g/mol. The maximum Gasteiger partial charge on any atom is 0.270 e. The van der Waals surface area contributed by atoms with Gasteiger partial charge in [0.1, 0.15) is 0 Å². The third kappa shape index (κ3) is 3.83. The number of hydrogen-bond donors (Lipinski definition) is 0. The van der Waals surface area contributed by atoms with E-state index in [4.69, 9.17) is 11.6 Å². The van der Waals surface area contributed by atoms with Gasteiger partial charge >= 0.3 is 0 Å². The lowest BCUT2D eigenvalue weighted by Crippen LogP contribution is -2.50. The second-order valence-corrected chi connectivity index (χ2v) is 6.34. The Hall–Kier alpha value is -2.93. The number of benzene rings is 2. The highest BCUT2D eigenvalue weighted by atomic mass is 35.5. The molecule has 26 heavy (non-hydrogen) atoms. The van der Waals surface area contributed by atoms with Gasteiger partial charge in [-0.3, -0.25) is 19.7 Å². The van der Waals surface area contributed by atoms with Gasteiger partial charge in [0.2, 0.25) is 0 Å². The van der Waals surface area contributed by atoms with Crippen LogP contribution in [0.5, 0.6) is 0 Å². The number of carbonyl (C=O) groups excluding carboxylic acids is 2. The van der Waals surface area contributed by atoms with Crippen molar-refractivity contribution in [2.45, 2.75) is 0 Å². The number of carbonyl (C=O) groups is 2. The van der Waals surface area contributed by atoms with Gasteiger partial charge in [-0.25, -0.2) is 0 Å². The first-order valence-electron chi connectivity index (χ1n) is 8.04. The summed E-state index contributed by atoms with van der Waals surface area (Å²) in [5, 5.41) is 11.4. The Kier molecular flexibility index (Phi) is 5.18. The van der Waals surface area contributed by atoms with Crippen LogP contribution in [0.2, 0.25) is 5.02 Å².